The lowest BCUT2D eigenvalue weighted by atomic mass is 9.95. The Labute approximate surface area is 145 Å². The van der Waals surface area contributed by atoms with Crippen molar-refractivity contribution in [2.24, 2.45) is 5.14 Å². The first-order valence-electron chi connectivity index (χ1n) is 8.67. The van der Waals surface area contributed by atoms with E-state index in [4.69, 9.17) is 5.14 Å². The number of nitrogens with zero attached hydrogens (tertiary/aromatic N) is 1. The van der Waals surface area contributed by atoms with Crippen molar-refractivity contribution in [3.05, 3.63) is 28.8 Å². The van der Waals surface area contributed by atoms with Gasteiger partial charge in [-0.2, -0.15) is 0 Å². The van der Waals surface area contributed by atoms with E-state index in [1.54, 1.807) is 19.1 Å². The average molecular weight is 355 g/mol. The molecule has 0 amide bonds. The molecule has 1 saturated heterocycles. The Hall–Kier alpha value is -0.950. The summed E-state index contributed by atoms with van der Waals surface area (Å²) in [6.07, 6.45) is 3.66. The predicted molar refractivity (Wildman–Crippen MR) is 96.5 cm³/mol. The summed E-state index contributed by atoms with van der Waals surface area (Å²) in [6.45, 7) is 8.74. The first-order valence-corrected chi connectivity index (χ1v) is 10.2. The average Bonchev–Trinajstić information content (AvgIpc) is 2.47. The Bertz CT molecular complexity index is 678. The van der Waals surface area contributed by atoms with Crippen LogP contribution in [0.25, 0.3) is 0 Å². The van der Waals surface area contributed by atoms with E-state index in [0.29, 0.717) is 30.6 Å². The van der Waals surface area contributed by atoms with Crippen molar-refractivity contribution >= 4 is 10.0 Å². The first kappa shape index (κ1) is 19.4. The van der Waals surface area contributed by atoms with Crippen LogP contribution in [0.3, 0.4) is 0 Å². The lowest BCUT2D eigenvalue weighted by Crippen LogP contribution is -2.47. The van der Waals surface area contributed by atoms with Gasteiger partial charge in [0.1, 0.15) is 0 Å². The topological polar surface area (TPSA) is 83.6 Å². The summed E-state index contributed by atoms with van der Waals surface area (Å²) in [6, 6.07) is 4.31. The Morgan fingerprint density at radius 3 is 2.33 bits per heavy atom. The number of hydrogen-bond donors (Lipinski definition) is 2. The normalized spacial score (nSPS) is 24.1. The van der Waals surface area contributed by atoms with Gasteiger partial charge in [-0.3, -0.25) is 4.90 Å². The van der Waals surface area contributed by atoms with Crippen LogP contribution in [0.15, 0.2) is 17.0 Å². The number of nitrogens with two attached hydrogens (primary N) is 1. The van der Waals surface area contributed by atoms with Crippen molar-refractivity contribution in [2.75, 3.05) is 6.54 Å². The highest BCUT2D eigenvalue weighted by atomic mass is 32.2. The number of rotatable bonds is 5. The molecule has 1 aliphatic heterocycles. The van der Waals surface area contributed by atoms with Gasteiger partial charge in [-0.25, -0.2) is 13.6 Å². The van der Waals surface area contributed by atoms with Gasteiger partial charge in [0.2, 0.25) is 10.0 Å². The molecule has 0 saturated carbocycles. The minimum absolute atomic E-state index is 0.163. The van der Waals surface area contributed by atoms with Gasteiger partial charge in [-0.05, 0) is 69.7 Å². The van der Waals surface area contributed by atoms with Gasteiger partial charge < -0.3 is 5.11 Å². The lowest BCUT2D eigenvalue weighted by Gasteiger charge is -2.40. The zero-order chi connectivity index (χ0) is 18.1. The van der Waals surface area contributed by atoms with Crippen LogP contribution in [0.4, 0.5) is 0 Å². The van der Waals surface area contributed by atoms with Crippen LogP contribution < -0.4 is 5.14 Å². The molecule has 1 heterocycles. The van der Waals surface area contributed by atoms with Gasteiger partial charge in [0.05, 0.1) is 11.0 Å². The standard InChI is InChI=1S/C18H30N2O3S/c1-12-6-5-7-13(2)20(12)11-17(21)10-16-8-9-18(24(19,22)23)15(4)14(16)3/h8-9,12-13,17,21H,5-7,10-11H2,1-4H3,(H2,19,22,23)/t12-,13+,17-/m1/s1. The molecule has 0 radical (unpaired) electrons. The zero-order valence-electron chi connectivity index (χ0n) is 15.1. The highest BCUT2D eigenvalue weighted by molar-refractivity contribution is 7.89. The van der Waals surface area contributed by atoms with Gasteiger partial charge in [-0.15, -0.1) is 0 Å². The lowest BCUT2D eigenvalue weighted by molar-refractivity contribution is 0.0418. The van der Waals surface area contributed by atoms with Crippen LogP contribution in [-0.2, 0) is 16.4 Å². The van der Waals surface area contributed by atoms with Gasteiger partial charge in [0, 0.05) is 18.6 Å². The van der Waals surface area contributed by atoms with Crippen LogP contribution >= 0.6 is 0 Å². The smallest absolute Gasteiger partial charge is 0.238 e. The zero-order valence-corrected chi connectivity index (χ0v) is 15.9. The Morgan fingerprint density at radius 1 is 1.21 bits per heavy atom. The SMILES string of the molecule is Cc1c(C[C@@H](O)CN2[C@H](C)CCC[C@@H]2C)ccc(S(N)(=O)=O)c1C. The largest absolute Gasteiger partial charge is 0.391 e. The van der Waals surface area contributed by atoms with Gasteiger partial charge in [0.15, 0.2) is 0 Å². The molecule has 24 heavy (non-hydrogen) atoms. The molecule has 1 aromatic rings. The molecule has 2 rings (SSSR count). The molecule has 5 nitrogen and oxygen atoms in total. The monoisotopic (exact) mass is 354 g/mol. The van der Waals surface area contributed by atoms with E-state index in [0.717, 1.165) is 11.1 Å². The number of aliphatic hydroxyl groups is 1. The molecule has 136 valence electrons. The quantitative estimate of drug-likeness (QED) is 0.848. The molecule has 0 unspecified atom stereocenters. The third-order valence-corrected chi connectivity index (χ3v) is 6.46. The van der Waals surface area contributed by atoms with E-state index in [1.165, 1.54) is 19.3 Å². The molecule has 3 atom stereocenters. The van der Waals surface area contributed by atoms with Crippen molar-refractivity contribution < 1.29 is 13.5 Å². The van der Waals surface area contributed by atoms with E-state index in [1.807, 2.05) is 6.92 Å². The maximum absolute atomic E-state index is 11.6. The highest BCUT2D eigenvalue weighted by Crippen LogP contribution is 2.25. The summed E-state index contributed by atoms with van der Waals surface area (Å²) in [5.74, 6) is 0. The molecular formula is C18H30N2O3S. The van der Waals surface area contributed by atoms with E-state index >= 15 is 0 Å². The molecule has 3 N–H and O–H groups in total. The van der Waals surface area contributed by atoms with Crippen molar-refractivity contribution in [1.82, 2.24) is 4.90 Å². The third kappa shape index (κ3) is 4.36. The van der Waals surface area contributed by atoms with Gasteiger partial charge in [0.25, 0.3) is 0 Å². The van der Waals surface area contributed by atoms with Crippen LogP contribution in [-0.4, -0.2) is 43.2 Å². The van der Waals surface area contributed by atoms with E-state index in [2.05, 4.69) is 18.7 Å². The number of β-amino-alcohol motifs (C(OH)–C–C–N with tert-alkyl or cyclic N) is 1. The van der Waals surface area contributed by atoms with Crippen molar-refractivity contribution in [3.63, 3.8) is 0 Å². The third-order valence-electron chi connectivity index (χ3n) is 5.41. The second kappa shape index (κ2) is 7.52. The maximum atomic E-state index is 11.6. The van der Waals surface area contributed by atoms with Gasteiger partial charge >= 0.3 is 0 Å². The minimum atomic E-state index is -3.71. The van der Waals surface area contributed by atoms with Crippen LogP contribution in [0, 0.1) is 13.8 Å². The number of primary sulfonamides is 1. The minimum Gasteiger partial charge on any atom is -0.391 e. The van der Waals surface area contributed by atoms with Crippen LogP contribution in [0.2, 0.25) is 0 Å². The van der Waals surface area contributed by atoms with Crippen molar-refractivity contribution in [3.8, 4) is 0 Å². The molecular weight excluding hydrogens is 324 g/mol. The molecule has 0 aliphatic carbocycles. The van der Waals surface area contributed by atoms with Crippen LogP contribution in [0.1, 0.15) is 49.8 Å². The van der Waals surface area contributed by atoms with E-state index in [-0.39, 0.29) is 4.90 Å². The molecule has 0 bridgehead atoms. The molecule has 0 aromatic heterocycles. The molecule has 1 aromatic carbocycles. The van der Waals surface area contributed by atoms with E-state index < -0.39 is 16.1 Å². The molecule has 6 heteroatoms. The highest BCUT2D eigenvalue weighted by Gasteiger charge is 2.26. The summed E-state index contributed by atoms with van der Waals surface area (Å²) in [7, 11) is -3.71. The Balaban J connectivity index is 2.12. The van der Waals surface area contributed by atoms with Gasteiger partial charge in [-0.1, -0.05) is 12.5 Å². The fourth-order valence-electron chi connectivity index (χ4n) is 3.78. The maximum Gasteiger partial charge on any atom is 0.238 e. The van der Waals surface area contributed by atoms with E-state index in [9.17, 15) is 13.5 Å². The number of benzene rings is 1. The fraction of sp³-hybridized carbons (Fsp3) is 0.667. The first-order chi connectivity index (χ1) is 11.1. The second-order valence-electron chi connectivity index (χ2n) is 7.20. The predicted octanol–water partition coefficient (Wildman–Crippen LogP) is 2.12. The number of hydrogen-bond acceptors (Lipinski definition) is 4. The number of aliphatic hydroxyl groups excluding tert-OH is 1. The summed E-state index contributed by atoms with van der Waals surface area (Å²) < 4.78 is 23.2. The Kier molecular flexibility index (Phi) is 6.07. The Morgan fingerprint density at radius 2 is 1.79 bits per heavy atom. The molecule has 0 spiro atoms. The summed E-state index contributed by atoms with van der Waals surface area (Å²) in [5.41, 5.74) is 2.53. The second-order valence-corrected chi connectivity index (χ2v) is 8.73. The summed E-state index contributed by atoms with van der Waals surface area (Å²) in [4.78, 5) is 2.55. The number of sulfonamides is 1. The van der Waals surface area contributed by atoms with Crippen molar-refractivity contribution in [1.29, 1.82) is 0 Å². The number of likely N-dealkylation sites (tertiary alicyclic amines) is 1. The van der Waals surface area contributed by atoms with Crippen molar-refractivity contribution in [2.45, 2.75) is 76.5 Å². The number of piperidine rings is 1. The summed E-state index contributed by atoms with van der Waals surface area (Å²) in [5, 5.41) is 15.8. The molecule has 1 fully saturated rings. The fourth-order valence-corrected chi connectivity index (χ4v) is 4.62. The molecule has 1 aliphatic rings. The van der Waals surface area contributed by atoms with Crippen LogP contribution in [0.5, 0.6) is 0 Å². The summed E-state index contributed by atoms with van der Waals surface area (Å²) >= 11 is 0.